The lowest BCUT2D eigenvalue weighted by Gasteiger charge is -2.16. The number of nitrogens with zero attached hydrogens (tertiary/aromatic N) is 6. The second kappa shape index (κ2) is 11.0. The Hall–Kier alpha value is -5.69. The zero-order chi connectivity index (χ0) is 28.2. The molecule has 0 aliphatic carbocycles. The molecule has 198 valence electrons. The van der Waals surface area contributed by atoms with Gasteiger partial charge in [0.1, 0.15) is 5.56 Å². The maximum atomic E-state index is 14.0. The van der Waals surface area contributed by atoms with E-state index in [-0.39, 0.29) is 23.5 Å². The summed E-state index contributed by atoms with van der Waals surface area (Å²) < 4.78 is 4.68. The molecule has 5 rings (SSSR count). The van der Waals surface area contributed by atoms with Gasteiger partial charge in [-0.05, 0) is 29.7 Å². The molecule has 0 bridgehead atoms. The number of carbonyl (C=O) groups is 1. The molecular weight excluding hydrogens is 504 g/mol. The lowest BCUT2D eigenvalue weighted by atomic mass is 10.0. The number of aryl methyl sites for hydroxylation is 2. The molecule has 3 heterocycles. The highest BCUT2D eigenvalue weighted by Crippen LogP contribution is 2.24. The number of benzene rings is 2. The van der Waals surface area contributed by atoms with Gasteiger partial charge in [0.2, 0.25) is 0 Å². The lowest BCUT2D eigenvalue weighted by Crippen LogP contribution is -2.29. The summed E-state index contributed by atoms with van der Waals surface area (Å²) in [5, 5.41) is 12.3. The van der Waals surface area contributed by atoms with Gasteiger partial charge in [-0.1, -0.05) is 54.8 Å². The molecule has 10 nitrogen and oxygen atoms in total. The summed E-state index contributed by atoms with van der Waals surface area (Å²) in [5.41, 5.74) is 8.49. The molecule has 40 heavy (non-hydrogen) atoms. The summed E-state index contributed by atoms with van der Waals surface area (Å²) in [6, 6.07) is 16.7. The van der Waals surface area contributed by atoms with Gasteiger partial charge in [-0.3, -0.25) is 18.8 Å². The van der Waals surface area contributed by atoms with Gasteiger partial charge in [-0.2, -0.15) is 10.2 Å². The number of allylic oxidation sites excluding steroid dienone is 1. The summed E-state index contributed by atoms with van der Waals surface area (Å²) >= 11 is 0. The number of amides is 1. The number of hydrogen-bond acceptors (Lipinski definition) is 6. The molecule has 10 heteroatoms. The number of aliphatic imine (C=N–C) groups is 1. The molecule has 0 spiro atoms. The van der Waals surface area contributed by atoms with Crippen LogP contribution in [0.5, 0.6) is 0 Å². The van der Waals surface area contributed by atoms with Crippen LogP contribution in [0, 0.1) is 11.8 Å². The van der Waals surface area contributed by atoms with Crippen LogP contribution in [0.1, 0.15) is 27.2 Å². The van der Waals surface area contributed by atoms with Crippen LogP contribution < -0.4 is 16.6 Å². The highest BCUT2D eigenvalue weighted by molar-refractivity contribution is 6.03. The fourth-order valence-corrected chi connectivity index (χ4v) is 4.42. The van der Waals surface area contributed by atoms with E-state index in [0.29, 0.717) is 33.5 Å². The average molecular weight is 531 g/mol. The van der Waals surface area contributed by atoms with Gasteiger partial charge < -0.3 is 11.1 Å². The molecule has 5 aromatic rings. The first-order chi connectivity index (χ1) is 19.4. The first-order valence-corrected chi connectivity index (χ1v) is 12.4. The van der Waals surface area contributed by atoms with Gasteiger partial charge in [0.25, 0.3) is 11.5 Å². The Labute approximate surface area is 230 Å². The van der Waals surface area contributed by atoms with E-state index in [1.54, 1.807) is 22.5 Å². The Morgan fingerprint density at radius 2 is 1.95 bits per heavy atom. The highest BCUT2D eigenvalue weighted by Gasteiger charge is 2.21. The van der Waals surface area contributed by atoms with Crippen molar-refractivity contribution >= 4 is 34.5 Å². The van der Waals surface area contributed by atoms with Crippen molar-refractivity contribution in [1.29, 1.82) is 0 Å². The Morgan fingerprint density at radius 3 is 2.67 bits per heavy atom. The Morgan fingerprint density at radius 1 is 1.15 bits per heavy atom. The normalized spacial score (nSPS) is 10.9. The van der Waals surface area contributed by atoms with E-state index < -0.39 is 5.91 Å². The monoisotopic (exact) mass is 530 g/mol. The van der Waals surface area contributed by atoms with Crippen molar-refractivity contribution in [3.63, 3.8) is 0 Å². The molecular formula is C30H26N8O2. The second-order valence-electron chi connectivity index (χ2n) is 8.94. The van der Waals surface area contributed by atoms with Crippen LogP contribution in [0.4, 0.5) is 11.6 Å². The minimum atomic E-state index is -0.468. The van der Waals surface area contributed by atoms with Crippen molar-refractivity contribution in [1.82, 2.24) is 29.4 Å². The van der Waals surface area contributed by atoms with Crippen LogP contribution >= 0.6 is 0 Å². The van der Waals surface area contributed by atoms with Crippen molar-refractivity contribution in [2.24, 2.45) is 19.1 Å². The van der Waals surface area contributed by atoms with Crippen LogP contribution in [0.15, 0.2) is 89.4 Å². The number of fused-ring (bicyclic) bond motifs is 1. The van der Waals surface area contributed by atoms with E-state index in [4.69, 9.17) is 5.73 Å². The SMILES string of the molecule is C=C/C=N\c1c(C(=O)NCc2cc3cccc(C#Cc4cnn(C)c4)c3c(=O)n2-c2ccccc2)c(N)nn1C. The number of pyridine rings is 1. The van der Waals surface area contributed by atoms with E-state index in [9.17, 15) is 9.59 Å². The zero-order valence-corrected chi connectivity index (χ0v) is 22.0. The highest BCUT2D eigenvalue weighted by atomic mass is 16.2. The van der Waals surface area contributed by atoms with Crippen molar-refractivity contribution < 1.29 is 4.79 Å². The van der Waals surface area contributed by atoms with Crippen molar-refractivity contribution in [2.45, 2.75) is 6.54 Å². The molecule has 2 aromatic carbocycles. The molecule has 0 aliphatic rings. The summed E-state index contributed by atoms with van der Waals surface area (Å²) in [6.07, 6.45) is 6.43. The number of para-hydroxylation sites is 1. The third-order valence-electron chi connectivity index (χ3n) is 6.19. The molecule has 0 fully saturated rings. The summed E-state index contributed by atoms with van der Waals surface area (Å²) in [4.78, 5) is 31.5. The minimum Gasteiger partial charge on any atom is -0.381 e. The predicted octanol–water partition coefficient (Wildman–Crippen LogP) is 3.26. The van der Waals surface area contributed by atoms with Crippen LogP contribution in [0.2, 0.25) is 0 Å². The minimum absolute atomic E-state index is 0.0451. The number of anilines is 1. The van der Waals surface area contributed by atoms with Gasteiger partial charge in [-0.25, -0.2) is 9.67 Å². The number of nitrogens with one attached hydrogen (secondary N) is 1. The second-order valence-corrected chi connectivity index (χ2v) is 8.94. The smallest absolute Gasteiger partial charge is 0.264 e. The molecule has 0 aliphatic heterocycles. The molecule has 0 atom stereocenters. The topological polar surface area (TPSA) is 125 Å². The van der Waals surface area contributed by atoms with Gasteiger partial charge in [0.15, 0.2) is 11.6 Å². The maximum absolute atomic E-state index is 14.0. The van der Waals surface area contributed by atoms with E-state index >= 15 is 0 Å². The van der Waals surface area contributed by atoms with Gasteiger partial charge in [0.05, 0.1) is 23.7 Å². The summed E-state index contributed by atoms with van der Waals surface area (Å²) in [6.45, 7) is 3.66. The number of nitrogens with two attached hydrogens (primary N) is 1. The third kappa shape index (κ3) is 5.04. The van der Waals surface area contributed by atoms with E-state index in [2.05, 4.69) is 38.9 Å². The van der Waals surface area contributed by atoms with Crippen LogP contribution in [-0.2, 0) is 20.6 Å². The Balaban J connectivity index is 1.59. The van der Waals surface area contributed by atoms with Gasteiger partial charge in [-0.15, -0.1) is 0 Å². The molecule has 0 unspecified atom stereocenters. The standard InChI is InChI=1S/C30H26N8O2/c1-4-15-32-28-26(27(31)35-37(28)3)29(39)33-18-24-16-22-10-8-9-21(14-13-20-17-34-36(2)19-20)25(22)30(40)38(24)23-11-6-5-7-12-23/h4-12,15-17,19H,1,18H2,2-3H3,(H2,31,35)(H,33,39)/b32-15-. The van der Waals surface area contributed by atoms with E-state index in [0.717, 1.165) is 5.56 Å². The van der Waals surface area contributed by atoms with Gasteiger partial charge >= 0.3 is 0 Å². The molecule has 3 N–H and O–H groups in total. The number of aromatic nitrogens is 5. The summed E-state index contributed by atoms with van der Waals surface area (Å²) in [5.74, 6) is 6.09. The predicted molar refractivity (Wildman–Crippen MR) is 156 cm³/mol. The average Bonchev–Trinajstić information content (AvgIpc) is 3.50. The molecule has 1 amide bonds. The van der Waals surface area contributed by atoms with Crippen molar-refractivity contribution in [3.8, 4) is 17.5 Å². The van der Waals surface area contributed by atoms with E-state index in [1.165, 1.54) is 17.0 Å². The summed E-state index contributed by atoms with van der Waals surface area (Å²) in [7, 11) is 3.47. The van der Waals surface area contributed by atoms with Crippen LogP contribution in [-0.4, -0.2) is 36.2 Å². The lowest BCUT2D eigenvalue weighted by molar-refractivity contribution is 0.0951. The fraction of sp³-hybridized carbons (Fsp3) is 0.100. The Bertz CT molecular complexity index is 1900. The quantitative estimate of drug-likeness (QED) is 0.258. The molecule has 0 saturated carbocycles. The zero-order valence-electron chi connectivity index (χ0n) is 22.0. The largest absolute Gasteiger partial charge is 0.381 e. The first kappa shape index (κ1) is 25.9. The molecule has 0 radical (unpaired) electrons. The first-order valence-electron chi connectivity index (χ1n) is 12.4. The Kier molecular flexibility index (Phi) is 7.11. The number of nitrogen functional groups attached to an aromatic ring is 1. The fourth-order valence-electron chi connectivity index (χ4n) is 4.42. The van der Waals surface area contributed by atoms with E-state index in [1.807, 2.05) is 67.8 Å². The van der Waals surface area contributed by atoms with Crippen molar-refractivity contribution in [3.05, 3.63) is 112 Å². The third-order valence-corrected chi connectivity index (χ3v) is 6.19. The van der Waals surface area contributed by atoms with Crippen LogP contribution in [0.3, 0.4) is 0 Å². The maximum Gasteiger partial charge on any atom is 0.264 e. The number of hydrogen-bond donors (Lipinski definition) is 2. The number of rotatable bonds is 6. The van der Waals surface area contributed by atoms with Gasteiger partial charge in [0, 0.05) is 43.5 Å². The van der Waals surface area contributed by atoms with Crippen LogP contribution in [0.25, 0.3) is 16.5 Å². The molecule has 3 aromatic heterocycles. The van der Waals surface area contributed by atoms with Crippen molar-refractivity contribution in [2.75, 3.05) is 5.73 Å². The number of carbonyl (C=O) groups excluding carboxylic acids is 1. The molecule has 0 saturated heterocycles.